The molecule has 100 valence electrons. The van der Waals surface area contributed by atoms with Gasteiger partial charge in [-0.3, -0.25) is 9.78 Å². The molecule has 0 atom stereocenters. The van der Waals surface area contributed by atoms with Crippen LogP contribution in [0.15, 0.2) is 51.7 Å². The summed E-state index contributed by atoms with van der Waals surface area (Å²) in [6, 6.07) is 9.35. The van der Waals surface area contributed by atoms with Crippen molar-refractivity contribution in [2.24, 2.45) is 0 Å². The van der Waals surface area contributed by atoms with Crippen molar-refractivity contribution in [2.75, 3.05) is 5.32 Å². The van der Waals surface area contributed by atoms with E-state index in [1.807, 2.05) is 31.2 Å². The number of para-hydroxylation sites is 1. The van der Waals surface area contributed by atoms with E-state index in [0.29, 0.717) is 11.4 Å². The summed E-state index contributed by atoms with van der Waals surface area (Å²) in [6.45, 7) is 1.83. The average molecular weight is 331 g/mol. The topological polar surface area (TPSA) is 55.1 Å². The third-order valence-electron chi connectivity index (χ3n) is 2.99. The maximum Gasteiger partial charge on any atom is 0.291 e. The van der Waals surface area contributed by atoms with Gasteiger partial charge in [0, 0.05) is 21.6 Å². The molecule has 0 saturated heterocycles. The molecular weight excluding hydrogens is 320 g/mol. The highest BCUT2D eigenvalue weighted by atomic mass is 79.9. The minimum absolute atomic E-state index is 0.273. The number of aromatic nitrogens is 1. The number of hydrogen-bond donors (Lipinski definition) is 1. The molecule has 0 unspecified atom stereocenters. The van der Waals surface area contributed by atoms with Gasteiger partial charge in [-0.15, -0.1) is 0 Å². The van der Waals surface area contributed by atoms with Crippen LogP contribution in [0.4, 0.5) is 5.69 Å². The minimum Gasteiger partial charge on any atom is -0.459 e. The van der Waals surface area contributed by atoms with Crippen LogP contribution in [0.25, 0.3) is 10.9 Å². The first kappa shape index (κ1) is 12.9. The number of benzene rings is 1. The van der Waals surface area contributed by atoms with Crippen molar-refractivity contribution in [1.82, 2.24) is 4.98 Å². The molecule has 1 aromatic carbocycles. The summed E-state index contributed by atoms with van der Waals surface area (Å²) in [5.41, 5.74) is 2.21. The van der Waals surface area contributed by atoms with Crippen molar-refractivity contribution in [3.05, 3.63) is 58.6 Å². The molecule has 2 heterocycles. The van der Waals surface area contributed by atoms with Crippen molar-refractivity contribution >= 4 is 38.4 Å². The SMILES string of the molecule is Cc1ccoc1C(=O)Nc1cccc2cc(Br)cnc12. The number of fused-ring (bicyclic) bond motifs is 1. The number of halogens is 1. The molecule has 20 heavy (non-hydrogen) atoms. The number of amides is 1. The minimum atomic E-state index is -0.273. The summed E-state index contributed by atoms with van der Waals surface area (Å²) in [5, 5.41) is 3.79. The van der Waals surface area contributed by atoms with Crippen LogP contribution in [0, 0.1) is 6.92 Å². The first-order valence-corrected chi connectivity index (χ1v) is 6.84. The second-order valence-corrected chi connectivity index (χ2v) is 5.33. The van der Waals surface area contributed by atoms with Crippen LogP contribution in [0.2, 0.25) is 0 Å². The third-order valence-corrected chi connectivity index (χ3v) is 3.43. The quantitative estimate of drug-likeness (QED) is 0.767. The molecule has 0 saturated carbocycles. The highest BCUT2D eigenvalue weighted by Crippen LogP contribution is 2.24. The Kier molecular flexibility index (Phi) is 3.28. The van der Waals surface area contributed by atoms with Gasteiger partial charge in [0.2, 0.25) is 0 Å². The number of nitrogens with one attached hydrogen (secondary N) is 1. The molecule has 4 nitrogen and oxygen atoms in total. The van der Waals surface area contributed by atoms with E-state index >= 15 is 0 Å². The Morgan fingerprint density at radius 3 is 2.95 bits per heavy atom. The number of rotatable bonds is 2. The van der Waals surface area contributed by atoms with Crippen LogP contribution in [0.5, 0.6) is 0 Å². The first-order valence-electron chi connectivity index (χ1n) is 6.05. The van der Waals surface area contributed by atoms with Gasteiger partial charge in [-0.05, 0) is 41.1 Å². The van der Waals surface area contributed by atoms with Gasteiger partial charge < -0.3 is 9.73 Å². The van der Waals surface area contributed by atoms with E-state index in [-0.39, 0.29) is 5.91 Å². The Morgan fingerprint density at radius 2 is 2.20 bits per heavy atom. The van der Waals surface area contributed by atoms with Crippen molar-refractivity contribution < 1.29 is 9.21 Å². The number of carbonyl (C=O) groups excluding carboxylic acids is 1. The molecule has 2 aromatic heterocycles. The number of pyridine rings is 1. The van der Waals surface area contributed by atoms with Gasteiger partial charge in [-0.2, -0.15) is 0 Å². The Morgan fingerprint density at radius 1 is 1.35 bits per heavy atom. The molecule has 0 aliphatic rings. The van der Waals surface area contributed by atoms with Crippen LogP contribution in [-0.4, -0.2) is 10.9 Å². The molecule has 0 aliphatic heterocycles. The standard InChI is InChI=1S/C15H11BrN2O2/c1-9-5-6-20-14(9)15(19)18-12-4-2-3-10-7-11(16)8-17-13(10)12/h2-8H,1H3,(H,18,19). The predicted octanol–water partition coefficient (Wildman–Crippen LogP) is 4.15. The maximum atomic E-state index is 12.2. The fourth-order valence-electron chi connectivity index (χ4n) is 2.02. The monoisotopic (exact) mass is 330 g/mol. The van der Waals surface area contributed by atoms with Crippen LogP contribution < -0.4 is 5.32 Å². The number of furan rings is 1. The summed E-state index contributed by atoms with van der Waals surface area (Å²) < 4.78 is 6.09. The lowest BCUT2D eigenvalue weighted by Crippen LogP contribution is -2.12. The van der Waals surface area contributed by atoms with E-state index < -0.39 is 0 Å². The summed E-state index contributed by atoms with van der Waals surface area (Å²) in [7, 11) is 0. The van der Waals surface area contributed by atoms with Gasteiger partial charge in [0.1, 0.15) is 0 Å². The van der Waals surface area contributed by atoms with Crippen molar-refractivity contribution in [2.45, 2.75) is 6.92 Å². The Balaban J connectivity index is 1.99. The highest BCUT2D eigenvalue weighted by molar-refractivity contribution is 9.10. The number of hydrogen-bond acceptors (Lipinski definition) is 3. The number of carbonyl (C=O) groups is 1. The van der Waals surface area contributed by atoms with E-state index in [2.05, 4.69) is 26.2 Å². The van der Waals surface area contributed by atoms with Crippen molar-refractivity contribution in [3.8, 4) is 0 Å². The molecule has 0 radical (unpaired) electrons. The zero-order valence-electron chi connectivity index (χ0n) is 10.7. The van der Waals surface area contributed by atoms with Crippen LogP contribution in [0.1, 0.15) is 16.1 Å². The van der Waals surface area contributed by atoms with Crippen molar-refractivity contribution in [3.63, 3.8) is 0 Å². The lowest BCUT2D eigenvalue weighted by molar-refractivity contribution is 0.0996. The number of anilines is 1. The van der Waals surface area contributed by atoms with E-state index in [0.717, 1.165) is 20.9 Å². The normalized spacial score (nSPS) is 10.7. The number of nitrogens with zero attached hydrogens (tertiary/aromatic N) is 1. The molecule has 0 aliphatic carbocycles. The lowest BCUT2D eigenvalue weighted by Gasteiger charge is -2.07. The zero-order valence-corrected chi connectivity index (χ0v) is 12.3. The summed E-state index contributed by atoms with van der Waals surface area (Å²) in [5.74, 6) is 0.0452. The summed E-state index contributed by atoms with van der Waals surface area (Å²) in [6.07, 6.45) is 3.21. The van der Waals surface area contributed by atoms with Crippen LogP contribution in [0.3, 0.4) is 0 Å². The van der Waals surface area contributed by atoms with Gasteiger partial charge >= 0.3 is 0 Å². The largest absolute Gasteiger partial charge is 0.459 e. The smallest absolute Gasteiger partial charge is 0.291 e. The van der Waals surface area contributed by atoms with Gasteiger partial charge in [-0.1, -0.05) is 12.1 Å². The first-order chi connectivity index (χ1) is 9.65. The molecular formula is C15H11BrN2O2. The molecule has 0 bridgehead atoms. The van der Waals surface area contributed by atoms with Gasteiger partial charge in [-0.25, -0.2) is 0 Å². The molecule has 3 aromatic rings. The Bertz CT molecular complexity index is 795. The molecule has 1 N–H and O–H groups in total. The second kappa shape index (κ2) is 5.09. The van der Waals surface area contributed by atoms with E-state index in [4.69, 9.17) is 4.42 Å². The van der Waals surface area contributed by atoms with E-state index in [1.165, 1.54) is 6.26 Å². The van der Waals surface area contributed by atoms with Crippen LogP contribution >= 0.6 is 15.9 Å². The van der Waals surface area contributed by atoms with Crippen LogP contribution in [-0.2, 0) is 0 Å². The maximum absolute atomic E-state index is 12.2. The molecule has 0 fully saturated rings. The molecule has 1 amide bonds. The molecule has 5 heteroatoms. The Labute approximate surface area is 123 Å². The van der Waals surface area contributed by atoms with E-state index in [1.54, 1.807) is 12.3 Å². The average Bonchev–Trinajstić information content (AvgIpc) is 2.85. The highest BCUT2D eigenvalue weighted by Gasteiger charge is 2.14. The molecule has 3 rings (SSSR count). The Hall–Kier alpha value is -2.14. The summed E-state index contributed by atoms with van der Waals surface area (Å²) in [4.78, 5) is 16.5. The van der Waals surface area contributed by atoms with Gasteiger partial charge in [0.05, 0.1) is 17.5 Å². The third kappa shape index (κ3) is 2.32. The zero-order chi connectivity index (χ0) is 14.1. The number of aryl methyl sites for hydroxylation is 1. The predicted molar refractivity (Wildman–Crippen MR) is 80.8 cm³/mol. The molecule has 0 spiro atoms. The fraction of sp³-hybridized carbons (Fsp3) is 0.0667. The lowest BCUT2D eigenvalue weighted by atomic mass is 10.2. The van der Waals surface area contributed by atoms with Crippen molar-refractivity contribution in [1.29, 1.82) is 0 Å². The summed E-state index contributed by atoms with van der Waals surface area (Å²) >= 11 is 3.38. The fourth-order valence-corrected chi connectivity index (χ4v) is 2.37. The second-order valence-electron chi connectivity index (χ2n) is 4.42. The van der Waals surface area contributed by atoms with Gasteiger partial charge in [0.25, 0.3) is 5.91 Å². The van der Waals surface area contributed by atoms with Gasteiger partial charge in [0.15, 0.2) is 5.76 Å². The van der Waals surface area contributed by atoms with E-state index in [9.17, 15) is 4.79 Å².